The van der Waals surface area contributed by atoms with Gasteiger partial charge in [0.1, 0.15) is 5.82 Å². The molecule has 0 aromatic carbocycles. The number of nitrogens with zero attached hydrogens (tertiary/aromatic N) is 3. The van der Waals surface area contributed by atoms with Crippen molar-refractivity contribution in [2.24, 2.45) is 11.8 Å². The maximum absolute atomic E-state index is 4.73. The Bertz CT molecular complexity index is 418. The van der Waals surface area contributed by atoms with Gasteiger partial charge in [-0.1, -0.05) is 13.8 Å². The lowest BCUT2D eigenvalue weighted by Crippen LogP contribution is -2.37. The van der Waals surface area contributed by atoms with Crippen molar-refractivity contribution >= 4 is 5.95 Å². The fourth-order valence-corrected chi connectivity index (χ4v) is 3.12. The normalized spacial score (nSPS) is 22.2. The van der Waals surface area contributed by atoms with E-state index in [4.69, 9.17) is 4.98 Å². The van der Waals surface area contributed by atoms with Gasteiger partial charge in [0.05, 0.1) is 0 Å². The fourth-order valence-electron chi connectivity index (χ4n) is 3.12. The zero-order valence-corrected chi connectivity index (χ0v) is 12.7. The van der Waals surface area contributed by atoms with Gasteiger partial charge < -0.3 is 10.2 Å². The van der Waals surface area contributed by atoms with Crippen molar-refractivity contribution in [3.8, 4) is 0 Å². The van der Waals surface area contributed by atoms with Crippen molar-refractivity contribution in [2.45, 2.75) is 45.4 Å². The molecule has 1 saturated heterocycles. The molecule has 1 atom stereocenters. The summed E-state index contributed by atoms with van der Waals surface area (Å²) in [6.45, 7) is 8.85. The second kappa shape index (κ2) is 6.12. The Balaban J connectivity index is 1.52. The van der Waals surface area contributed by atoms with Gasteiger partial charge in [0.25, 0.3) is 0 Å². The molecule has 1 aliphatic carbocycles. The van der Waals surface area contributed by atoms with E-state index in [0.717, 1.165) is 49.8 Å². The summed E-state index contributed by atoms with van der Waals surface area (Å²) < 4.78 is 0. The molecule has 1 aromatic heterocycles. The van der Waals surface area contributed by atoms with Crippen molar-refractivity contribution in [1.29, 1.82) is 0 Å². The van der Waals surface area contributed by atoms with Gasteiger partial charge in [-0.05, 0) is 50.6 Å². The third kappa shape index (κ3) is 3.14. The van der Waals surface area contributed by atoms with E-state index in [-0.39, 0.29) is 0 Å². The van der Waals surface area contributed by atoms with Crippen LogP contribution in [-0.2, 0) is 0 Å². The van der Waals surface area contributed by atoms with Crippen LogP contribution >= 0.6 is 0 Å². The van der Waals surface area contributed by atoms with Crippen LogP contribution in [0.1, 0.15) is 51.3 Å². The molecule has 2 heterocycles. The SMILES string of the molecule is CCNCC1CCN(c2n[nH]c(C(C)C3CC3)n2)CC1. The predicted octanol–water partition coefficient (Wildman–Crippen LogP) is 2.14. The molecule has 5 nitrogen and oxygen atoms in total. The number of anilines is 1. The summed E-state index contributed by atoms with van der Waals surface area (Å²) in [4.78, 5) is 7.06. The van der Waals surface area contributed by atoms with E-state index in [1.165, 1.54) is 25.7 Å². The second-order valence-electron chi connectivity index (χ2n) is 6.38. The van der Waals surface area contributed by atoms with Crippen molar-refractivity contribution in [3.05, 3.63) is 5.82 Å². The smallest absolute Gasteiger partial charge is 0.244 e. The van der Waals surface area contributed by atoms with Gasteiger partial charge in [0.2, 0.25) is 5.95 Å². The maximum Gasteiger partial charge on any atom is 0.244 e. The van der Waals surface area contributed by atoms with E-state index in [9.17, 15) is 0 Å². The minimum absolute atomic E-state index is 0.544. The van der Waals surface area contributed by atoms with Crippen LogP contribution in [0.15, 0.2) is 0 Å². The van der Waals surface area contributed by atoms with E-state index < -0.39 is 0 Å². The first-order chi connectivity index (χ1) is 9.78. The summed E-state index contributed by atoms with van der Waals surface area (Å²) >= 11 is 0. The van der Waals surface area contributed by atoms with E-state index in [0.29, 0.717) is 5.92 Å². The average molecular weight is 277 g/mol. The van der Waals surface area contributed by atoms with Gasteiger partial charge in [-0.25, -0.2) is 0 Å². The van der Waals surface area contributed by atoms with Crippen LogP contribution in [-0.4, -0.2) is 41.4 Å². The van der Waals surface area contributed by atoms with Gasteiger partial charge in [-0.3, -0.25) is 5.10 Å². The number of hydrogen-bond acceptors (Lipinski definition) is 4. The van der Waals surface area contributed by atoms with Gasteiger partial charge in [-0.15, -0.1) is 5.10 Å². The van der Waals surface area contributed by atoms with Crippen molar-refractivity contribution < 1.29 is 0 Å². The average Bonchev–Trinajstić information content (AvgIpc) is 3.22. The number of aromatic nitrogens is 3. The van der Waals surface area contributed by atoms with E-state index in [1.807, 2.05) is 0 Å². The molecule has 1 unspecified atom stereocenters. The first-order valence-electron chi connectivity index (χ1n) is 8.16. The topological polar surface area (TPSA) is 56.8 Å². The van der Waals surface area contributed by atoms with E-state index >= 15 is 0 Å². The molecule has 0 spiro atoms. The Labute approximate surface area is 121 Å². The summed E-state index contributed by atoms with van der Waals surface area (Å²) in [7, 11) is 0. The fraction of sp³-hybridized carbons (Fsp3) is 0.867. The molecule has 2 N–H and O–H groups in total. The molecule has 2 aliphatic rings. The molecule has 1 aliphatic heterocycles. The molecule has 0 radical (unpaired) electrons. The van der Waals surface area contributed by atoms with Crippen LogP contribution in [0, 0.1) is 11.8 Å². The van der Waals surface area contributed by atoms with Crippen LogP contribution in [0.25, 0.3) is 0 Å². The van der Waals surface area contributed by atoms with Crippen molar-refractivity contribution in [3.63, 3.8) is 0 Å². The van der Waals surface area contributed by atoms with E-state index in [1.54, 1.807) is 0 Å². The number of rotatable bonds is 6. The Morgan fingerprint density at radius 3 is 2.70 bits per heavy atom. The van der Waals surface area contributed by atoms with Gasteiger partial charge in [0.15, 0.2) is 0 Å². The predicted molar refractivity (Wildman–Crippen MR) is 81.0 cm³/mol. The van der Waals surface area contributed by atoms with Crippen LogP contribution in [0.4, 0.5) is 5.95 Å². The van der Waals surface area contributed by atoms with Gasteiger partial charge in [-0.2, -0.15) is 4.98 Å². The lowest BCUT2D eigenvalue weighted by Gasteiger charge is -2.31. The molecule has 0 amide bonds. The largest absolute Gasteiger partial charge is 0.340 e. The third-order valence-corrected chi connectivity index (χ3v) is 4.83. The summed E-state index contributed by atoms with van der Waals surface area (Å²) in [6, 6.07) is 0. The third-order valence-electron chi connectivity index (χ3n) is 4.83. The first-order valence-corrected chi connectivity index (χ1v) is 8.16. The molecular weight excluding hydrogens is 250 g/mol. The first kappa shape index (κ1) is 13.9. The number of hydrogen-bond donors (Lipinski definition) is 2. The molecule has 3 rings (SSSR count). The quantitative estimate of drug-likeness (QED) is 0.836. The number of aromatic amines is 1. The molecule has 1 saturated carbocycles. The molecule has 112 valence electrons. The summed E-state index contributed by atoms with van der Waals surface area (Å²) in [5.74, 6) is 4.19. The maximum atomic E-state index is 4.73. The summed E-state index contributed by atoms with van der Waals surface area (Å²) in [5.41, 5.74) is 0. The Morgan fingerprint density at radius 1 is 1.30 bits per heavy atom. The highest BCUT2D eigenvalue weighted by Crippen LogP contribution is 2.41. The number of piperidine rings is 1. The standard InChI is InChI=1S/C15H27N5/c1-3-16-10-12-6-8-20(9-7-12)15-17-14(18-19-15)11(2)13-4-5-13/h11-13,16H,3-10H2,1-2H3,(H,17,18,19). The van der Waals surface area contributed by atoms with E-state index in [2.05, 4.69) is 34.3 Å². The number of H-pyrrole nitrogens is 1. The Hall–Kier alpha value is -1.10. The zero-order valence-electron chi connectivity index (χ0n) is 12.7. The van der Waals surface area contributed by atoms with Crippen molar-refractivity contribution in [1.82, 2.24) is 20.5 Å². The highest BCUT2D eigenvalue weighted by atomic mass is 15.4. The van der Waals surface area contributed by atoms with Crippen LogP contribution < -0.4 is 10.2 Å². The Morgan fingerprint density at radius 2 is 2.05 bits per heavy atom. The minimum Gasteiger partial charge on any atom is -0.340 e. The Kier molecular flexibility index (Phi) is 4.24. The van der Waals surface area contributed by atoms with Gasteiger partial charge >= 0.3 is 0 Å². The van der Waals surface area contributed by atoms with Crippen LogP contribution in [0.3, 0.4) is 0 Å². The summed E-state index contributed by atoms with van der Waals surface area (Å²) in [6.07, 6.45) is 5.20. The molecule has 1 aromatic rings. The van der Waals surface area contributed by atoms with Crippen LogP contribution in [0.5, 0.6) is 0 Å². The lowest BCUT2D eigenvalue weighted by molar-refractivity contribution is 0.384. The molecule has 5 heteroatoms. The summed E-state index contributed by atoms with van der Waals surface area (Å²) in [5, 5.41) is 11.0. The highest BCUT2D eigenvalue weighted by Gasteiger charge is 2.31. The minimum atomic E-state index is 0.544. The van der Waals surface area contributed by atoms with Crippen LogP contribution in [0.2, 0.25) is 0 Å². The zero-order chi connectivity index (χ0) is 13.9. The second-order valence-corrected chi connectivity index (χ2v) is 6.38. The molecule has 2 fully saturated rings. The van der Waals surface area contributed by atoms with Gasteiger partial charge in [0, 0.05) is 19.0 Å². The lowest BCUT2D eigenvalue weighted by atomic mass is 9.97. The highest BCUT2D eigenvalue weighted by molar-refractivity contribution is 5.30. The van der Waals surface area contributed by atoms with Crippen molar-refractivity contribution in [2.75, 3.05) is 31.1 Å². The monoisotopic (exact) mass is 277 g/mol. The molecule has 20 heavy (non-hydrogen) atoms. The molecular formula is C15H27N5. The number of nitrogens with one attached hydrogen (secondary N) is 2. The molecule has 0 bridgehead atoms.